The van der Waals surface area contributed by atoms with E-state index in [1.54, 1.807) is 25.1 Å². The van der Waals surface area contributed by atoms with Gasteiger partial charge in [0.2, 0.25) is 0 Å². The number of esters is 1. The van der Waals surface area contributed by atoms with Crippen molar-refractivity contribution in [3.05, 3.63) is 64.4 Å². The summed E-state index contributed by atoms with van der Waals surface area (Å²) in [4.78, 5) is 23.8. The zero-order valence-corrected chi connectivity index (χ0v) is 14.5. The molecule has 0 saturated heterocycles. The second-order valence-corrected chi connectivity index (χ2v) is 5.64. The van der Waals surface area contributed by atoms with Crippen molar-refractivity contribution in [2.45, 2.75) is 13.0 Å². The molecule has 0 aromatic heterocycles. The number of hydrogen-bond donors (Lipinski definition) is 1. The van der Waals surface area contributed by atoms with Crippen molar-refractivity contribution in [1.29, 1.82) is 0 Å². The Balaban J connectivity index is 1.90. The fourth-order valence-corrected chi connectivity index (χ4v) is 2.49. The number of rotatable bonds is 6. The van der Waals surface area contributed by atoms with Crippen molar-refractivity contribution < 1.29 is 23.5 Å². The Bertz CT molecular complexity index is 781. The zero-order valence-electron chi connectivity index (χ0n) is 13.7. The summed E-state index contributed by atoms with van der Waals surface area (Å²) in [5.74, 6) is -1.96. The van der Waals surface area contributed by atoms with Gasteiger partial charge in [0.25, 0.3) is 5.91 Å². The summed E-state index contributed by atoms with van der Waals surface area (Å²) >= 11 is 6.07. The van der Waals surface area contributed by atoms with Crippen LogP contribution < -0.4 is 10.1 Å². The minimum atomic E-state index is -0.804. The van der Waals surface area contributed by atoms with Gasteiger partial charge in [0.1, 0.15) is 0 Å². The lowest BCUT2D eigenvalue weighted by Crippen LogP contribution is -2.31. The first-order valence-corrected chi connectivity index (χ1v) is 7.84. The number of amides is 1. The summed E-state index contributed by atoms with van der Waals surface area (Å²) in [5, 5.41) is 3.21. The number of hydrogen-bond acceptors (Lipinski definition) is 4. The minimum Gasteiger partial charge on any atom is -0.494 e. The van der Waals surface area contributed by atoms with Crippen molar-refractivity contribution in [3.63, 3.8) is 0 Å². The third-order valence-corrected chi connectivity index (χ3v) is 3.82. The number of nitrogens with one attached hydrogen (secondary N) is 1. The van der Waals surface area contributed by atoms with Crippen LogP contribution in [0.2, 0.25) is 5.02 Å². The fourth-order valence-electron chi connectivity index (χ4n) is 2.19. The highest BCUT2D eigenvalue weighted by molar-refractivity contribution is 6.31. The Kier molecular flexibility index (Phi) is 6.36. The fraction of sp³-hybridized carbons (Fsp3) is 0.222. The number of methoxy groups -OCH3 is 1. The largest absolute Gasteiger partial charge is 0.494 e. The normalized spacial score (nSPS) is 11.5. The first-order valence-electron chi connectivity index (χ1n) is 7.47. The molecular weight excluding hydrogens is 349 g/mol. The van der Waals surface area contributed by atoms with Crippen LogP contribution in [0.5, 0.6) is 5.75 Å². The van der Waals surface area contributed by atoms with Gasteiger partial charge in [0.05, 0.1) is 18.7 Å². The summed E-state index contributed by atoms with van der Waals surface area (Å²) in [7, 11) is 1.32. The van der Waals surface area contributed by atoms with E-state index in [0.29, 0.717) is 5.02 Å². The maximum absolute atomic E-state index is 13.6. The standard InChI is InChI=1S/C18H17ClFNO4/c1-11(13-5-3-4-6-14(13)19)21-17(22)10-25-18(23)12-7-8-16(24-2)15(20)9-12/h3-9,11H,10H2,1-2H3,(H,21,22)/t11-/m1/s1. The molecule has 0 heterocycles. The van der Waals surface area contributed by atoms with Crippen LogP contribution in [0.4, 0.5) is 4.39 Å². The molecule has 0 unspecified atom stereocenters. The molecule has 0 bridgehead atoms. The van der Waals surface area contributed by atoms with Crippen LogP contribution in [-0.2, 0) is 9.53 Å². The van der Waals surface area contributed by atoms with E-state index in [9.17, 15) is 14.0 Å². The second kappa shape index (κ2) is 8.48. The van der Waals surface area contributed by atoms with Crippen molar-refractivity contribution in [2.24, 2.45) is 0 Å². The number of carbonyl (C=O) groups is 2. The molecule has 5 nitrogen and oxygen atoms in total. The number of ether oxygens (including phenoxy) is 2. The lowest BCUT2D eigenvalue weighted by molar-refractivity contribution is -0.124. The van der Waals surface area contributed by atoms with Gasteiger partial charge in [-0.25, -0.2) is 9.18 Å². The van der Waals surface area contributed by atoms with Crippen LogP contribution in [0.3, 0.4) is 0 Å². The first kappa shape index (κ1) is 18.7. The summed E-state index contributed by atoms with van der Waals surface area (Å²) in [5.41, 5.74) is 0.742. The highest BCUT2D eigenvalue weighted by atomic mass is 35.5. The monoisotopic (exact) mass is 365 g/mol. The molecule has 0 spiro atoms. The number of carbonyl (C=O) groups excluding carboxylic acids is 2. The molecule has 0 saturated carbocycles. The van der Waals surface area contributed by atoms with Crippen molar-refractivity contribution in [1.82, 2.24) is 5.32 Å². The van der Waals surface area contributed by atoms with Gasteiger partial charge in [0.15, 0.2) is 18.2 Å². The van der Waals surface area contributed by atoms with Gasteiger partial charge < -0.3 is 14.8 Å². The quantitative estimate of drug-likeness (QED) is 0.795. The van der Waals surface area contributed by atoms with E-state index < -0.39 is 24.3 Å². The van der Waals surface area contributed by atoms with Crippen LogP contribution >= 0.6 is 11.6 Å². The molecule has 0 aliphatic carbocycles. The summed E-state index contributed by atoms with van der Waals surface area (Å²) in [6.45, 7) is 1.28. The van der Waals surface area contributed by atoms with Gasteiger partial charge in [-0.2, -0.15) is 0 Å². The van der Waals surface area contributed by atoms with Gasteiger partial charge in [-0.15, -0.1) is 0 Å². The molecule has 0 radical (unpaired) electrons. The minimum absolute atomic E-state index is 0.00903. The van der Waals surface area contributed by atoms with Crippen molar-refractivity contribution >= 4 is 23.5 Å². The number of halogens is 2. The van der Waals surface area contributed by atoms with Crippen LogP contribution in [0.25, 0.3) is 0 Å². The van der Waals surface area contributed by atoms with E-state index in [-0.39, 0.29) is 17.4 Å². The predicted octanol–water partition coefficient (Wildman–Crippen LogP) is 3.52. The second-order valence-electron chi connectivity index (χ2n) is 5.24. The Hall–Kier alpha value is -2.60. The average Bonchev–Trinajstić information content (AvgIpc) is 2.59. The molecule has 0 fully saturated rings. The third kappa shape index (κ3) is 4.93. The van der Waals surface area contributed by atoms with Crippen LogP contribution in [0.1, 0.15) is 28.9 Å². The van der Waals surface area contributed by atoms with E-state index in [0.717, 1.165) is 11.6 Å². The molecule has 2 aromatic rings. The van der Waals surface area contributed by atoms with E-state index >= 15 is 0 Å². The molecule has 0 aliphatic rings. The summed E-state index contributed by atoms with van der Waals surface area (Å²) < 4.78 is 23.2. The van der Waals surface area contributed by atoms with E-state index in [2.05, 4.69) is 5.32 Å². The molecule has 1 amide bonds. The maximum Gasteiger partial charge on any atom is 0.338 e. The predicted molar refractivity (Wildman–Crippen MR) is 91.2 cm³/mol. The van der Waals surface area contributed by atoms with E-state index in [1.807, 2.05) is 6.07 Å². The van der Waals surface area contributed by atoms with Gasteiger partial charge in [-0.3, -0.25) is 4.79 Å². The van der Waals surface area contributed by atoms with Gasteiger partial charge >= 0.3 is 5.97 Å². The average molecular weight is 366 g/mol. The van der Waals surface area contributed by atoms with Crippen LogP contribution in [0.15, 0.2) is 42.5 Å². The molecule has 25 heavy (non-hydrogen) atoms. The number of benzene rings is 2. The maximum atomic E-state index is 13.6. The van der Waals surface area contributed by atoms with Crippen molar-refractivity contribution in [3.8, 4) is 5.75 Å². The smallest absolute Gasteiger partial charge is 0.338 e. The lowest BCUT2D eigenvalue weighted by Gasteiger charge is -2.15. The first-order chi connectivity index (χ1) is 11.9. The topological polar surface area (TPSA) is 64.6 Å². The Morgan fingerprint density at radius 1 is 1.24 bits per heavy atom. The molecule has 7 heteroatoms. The van der Waals surface area contributed by atoms with Crippen LogP contribution in [0, 0.1) is 5.82 Å². The SMILES string of the molecule is COc1ccc(C(=O)OCC(=O)N[C@H](C)c2ccccc2Cl)cc1F. The van der Waals surface area contributed by atoms with Gasteiger partial charge in [-0.1, -0.05) is 29.8 Å². The Morgan fingerprint density at radius 2 is 1.96 bits per heavy atom. The lowest BCUT2D eigenvalue weighted by atomic mass is 10.1. The highest BCUT2D eigenvalue weighted by Gasteiger charge is 2.16. The molecular formula is C18H17ClFNO4. The van der Waals surface area contributed by atoms with Gasteiger partial charge in [0, 0.05) is 5.02 Å². The zero-order chi connectivity index (χ0) is 18.4. The Morgan fingerprint density at radius 3 is 2.60 bits per heavy atom. The summed E-state index contributed by atoms with van der Waals surface area (Å²) in [6, 6.07) is 10.4. The van der Waals surface area contributed by atoms with Crippen LogP contribution in [-0.4, -0.2) is 25.6 Å². The molecule has 0 aliphatic heterocycles. The van der Waals surface area contributed by atoms with E-state index in [1.165, 1.54) is 19.2 Å². The molecule has 132 valence electrons. The molecule has 1 N–H and O–H groups in total. The van der Waals surface area contributed by atoms with Gasteiger partial charge in [-0.05, 0) is 36.8 Å². The van der Waals surface area contributed by atoms with E-state index in [4.69, 9.17) is 21.1 Å². The summed E-state index contributed by atoms with van der Waals surface area (Å²) in [6.07, 6.45) is 0. The third-order valence-electron chi connectivity index (χ3n) is 3.47. The molecule has 2 rings (SSSR count). The molecule has 2 aromatic carbocycles. The van der Waals surface area contributed by atoms with Crippen molar-refractivity contribution in [2.75, 3.05) is 13.7 Å². The highest BCUT2D eigenvalue weighted by Crippen LogP contribution is 2.22. The Labute approximate surface area is 149 Å². The molecule has 1 atom stereocenters.